The molecule has 4 heteroatoms. The van der Waals surface area contributed by atoms with Gasteiger partial charge in [0.05, 0.1) is 21.6 Å². The van der Waals surface area contributed by atoms with Gasteiger partial charge in [0.15, 0.2) is 0 Å². The molecule has 1 heterocycles. The monoisotopic (exact) mass is 229 g/mol. The highest BCUT2D eigenvalue weighted by molar-refractivity contribution is 7.11. The molecule has 3 nitrogen and oxygen atoms in total. The van der Waals surface area contributed by atoms with E-state index in [1.165, 1.54) is 0 Å². The van der Waals surface area contributed by atoms with Gasteiger partial charge < -0.3 is 9.84 Å². The first-order valence-electron chi connectivity index (χ1n) is 5.10. The normalized spacial score (nSPS) is 14.2. The van der Waals surface area contributed by atoms with Gasteiger partial charge in [-0.15, -0.1) is 11.3 Å². The molecule has 1 N–H and O–H groups in total. The van der Waals surface area contributed by atoms with Crippen LogP contribution in [0.5, 0.6) is 0 Å². The van der Waals surface area contributed by atoms with Gasteiger partial charge in [0.1, 0.15) is 0 Å². The third-order valence-electron chi connectivity index (χ3n) is 2.54. The molecule has 15 heavy (non-hydrogen) atoms. The van der Waals surface area contributed by atoms with E-state index in [9.17, 15) is 5.11 Å². The molecule has 1 unspecified atom stereocenters. The second kappa shape index (κ2) is 5.05. The Labute approximate surface area is 95.1 Å². The van der Waals surface area contributed by atoms with Crippen molar-refractivity contribution in [3.63, 3.8) is 0 Å². The van der Waals surface area contributed by atoms with Crippen LogP contribution in [0.4, 0.5) is 0 Å². The van der Waals surface area contributed by atoms with E-state index in [0.717, 1.165) is 16.3 Å². The summed E-state index contributed by atoms with van der Waals surface area (Å²) in [5.41, 5.74) is -0.166. The zero-order chi connectivity index (χ0) is 11.5. The molecular weight excluding hydrogens is 210 g/mol. The largest absolute Gasteiger partial charge is 0.388 e. The average molecular weight is 229 g/mol. The maximum absolute atomic E-state index is 9.91. The predicted molar refractivity (Wildman–Crippen MR) is 62.1 cm³/mol. The Kier molecular flexibility index (Phi) is 4.25. The lowest BCUT2D eigenvalue weighted by molar-refractivity contribution is 0.00308. The van der Waals surface area contributed by atoms with E-state index >= 15 is 0 Å². The first-order valence-corrected chi connectivity index (χ1v) is 5.92. The van der Waals surface area contributed by atoms with Gasteiger partial charge >= 0.3 is 0 Å². The molecule has 0 aliphatic rings. The van der Waals surface area contributed by atoms with Gasteiger partial charge in [0.25, 0.3) is 0 Å². The smallest absolute Gasteiger partial charge is 0.0899 e. The highest BCUT2D eigenvalue weighted by Gasteiger charge is 2.19. The molecule has 0 radical (unpaired) electrons. The Hall–Kier alpha value is -0.450. The molecule has 1 atom stereocenters. The Morgan fingerprint density at radius 3 is 2.73 bits per heavy atom. The number of aryl methyl sites for hydroxylation is 1. The Bertz CT molecular complexity index is 309. The van der Waals surface area contributed by atoms with Crippen molar-refractivity contribution < 1.29 is 9.84 Å². The standard InChI is InChI=1S/C11H19NO2S/c1-8-12-7-10(15-8)9(13)5-6-11(2,3)14-4/h7,9,13H,5-6H2,1-4H3. The zero-order valence-electron chi connectivity index (χ0n) is 9.78. The Balaban J connectivity index is 2.46. The number of aliphatic hydroxyl groups excluding tert-OH is 1. The molecule has 0 fully saturated rings. The summed E-state index contributed by atoms with van der Waals surface area (Å²) in [6.07, 6.45) is 2.89. The quantitative estimate of drug-likeness (QED) is 0.844. The maximum atomic E-state index is 9.91. The molecule has 0 aliphatic carbocycles. The van der Waals surface area contributed by atoms with Crippen molar-refractivity contribution in [1.82, 2.24) is 4.98 Å². The molecule has 0 saturated carbocycles. The van der Waals surface area contributed by atoms with Crippen LogP contribution in [0.15, 0.2) is 6.20 Å². The van der Waals surface area contributed by atoms with E-state index in [4.69, 9.17) is 4.74 Å². The molecule has 86 valence electrons. The third-order valence-corrected chi connectivity index (χ3v) is 3.55. The van der Waals surface area contributed by atoms with Crippen LogP contribution in [-0.4, -0.2) is 22.8 Å². The fourth-order valence-corrected chi connectivity index (χ4v) is 2.07. The number of aromatic nitrogens is 1. The van der Waals surface area contributed by atoms with Gasteiger partial charge in [-0.1, -0.05) is 0 Å². The number of aliphatic hydroxyl groups is 1. The Morgan fingerprint density at radius 1 is 1.60 bits per heavy atom. The van der Waals surface area contributed by atoms with Gasteiger partial charge in [0, 0.05) is 13.3 Å². The topological polar surface area (TPSA) is 42.4 Å². The lowest BCUT2D eigenvalue weighted by atomic mass is 10.00. The van der Waals surface area contributed by atoms with Crippen LogP contribution in [0.1, 0.15) is 42.7 Å². The van der Waals surface area contributed by atoms with E-state index in [1.807, 2.05) is 20.8 Å². The van der Waals surface area contributed by atoms with Crippen LogP contribution in [0.3, 0.4) is 0 Å². The number of thiazole rings is 1. The maximum Gasteiger partial charge on any atom is 0.0899 e. The van der Waals surface area contributed by atoms with Crippen molar-refractivity contribution in [2.24, 2.45) is 0 Å². The van der Waals surface area contributed by atoms with Crippen molar-refractivity contribution in [2.75, 3.05) is 7.11 Å². The van der Waals surface area contributed by atoms with E-state index in [1.54, 1.807) is 24.6 Å². The summed E-state index contributed by atoms with van der Waals surface area (Å²) >= 11 is 1.55. The van der Waals surface area contributed by atoms with Crippen molar-refractivity contribution >= 4 is 11.3 Å². The lowest BCUT2D eigenvalue weighted by Gasteiger charge is -2.23. The van der Waals surface area contributed by atoms with Crippen LogP contribution >= 0.6 is 11.3 Å². The van der Waals surface area contributed by atoms with E-state index < -0.39 is 6.10 Å². The minimum Gasteiger partial charge on any atom is -0.388 e. The SMILES string of the molecule is COC(C)(C)CCC(O)c1cnc(C)s1. The highest BCUT2D eigenvalue weighted by atomic mass is 32.1. The molecule has 1 aromatic rings. The first-order chi connectivity index (χ1) is 6.94. The predicted octanol–water partition coefficient (Wildman–Crippen LogP) is 2.69. The second-order valence-corrected chi connectivity index (χ2v) is 5.57. The molecule has 0 bridgehead atoms. The summed E-state index contributed by atoms with van der Waals surface area (Å²) in [5.74, 6) is 0. The zero-order valence-corrected chi connectivity index (χ0v) is 10.6. The van der Waals surface area contributed by atoms with Crippen LogP contribution in [0, 0.1) is 6.92 Å². The average Bonchev–Trinajstić information content (AvgIpc) is 2.61. The summed E-state index contributed by atoms with van der Waals surface area (Å²) in [6.45, 7) is 6.00. The van der Waals surface area contributed by atoms with E-state index in [0.29, 0.717) is 6.42 Å². The molecule has 0 saturated heterocycles. The molecule has 0 spiro atoms. The van der Waals surface area contributed by atoms with Gasteiger partial charge in [0.2, 0.25) is 0 Å². The van der Waals surface area contributed by atoms with Crippen molar-refractivity contribution in [2.45, 2.75) is 45.3 Å². The number of rotatable bonds is 5. The summed E-state index contributed by atoms with van der Waals surface area (Å²) in [7, 11) is 1.70. The number of hydrogen-bond acceptors (Lipinski definition) is 4. The molecule has 1 rings (SSSR count). The van der Waals surface area contributed by atoms with E-state index in [2.05, 4.69) is 4.98 Å². The van der Waals surface area contributed by atoms with Crippen LogP contribution in [0.2, 0.25) is 0 Å². The van der Waals surface area contributed by atoms with Gasteiger partial charge in [-0.05, 0) is 33.6 Å². The van der Waals surface area contributed by atoms with Gasteiger partial charge in [-0.2, -0.15) is 0 Å². The number of ether oxygens (including phenoxy) is 1. The van der Waals surface area contributed by atoms with Crippen molar-refractivity contribution in [1.29, 1.82) is 0 Å². The summed E-state index contributed by atoms with van der Waals surface area (Å²) < 4.78 is 5.31. The summed E-state index contributed by atoms with van der Waals surface area (Å²) in [4.78, 5) is 5.07. The number of methoxy groups -OCH3 is 1. The first kappa shape index (κ1) is 12.6. The number of hydrogen-bond donors (Lipinski definition) is 1. The van der Waals surface area contributed by atoms with Crippen molar-refractivity contribution in [3.05, 3.63) is 16.1 Å². The number of nitrogens with zero attached hydrogens (tertiary/aromatic N) is 1. The van der Waals surface area contributed by atoms with E-state index in [-0.39, 0.29) is 5.60 Å². The Morgan fingerprint density at radius 2 is 2.27 bits per heavy atom. The van der Waals surface area contributed by atoms with Crippen LogP contribution in [0.25, 0.3) is 0 Å². The summed E-state index contributed by atoms with van der Waals surface area (Å²) in [5, 5.41) is 10.9. The summed E-state index contributed by atoms with van der Waals surface area (Å²) in [6, 6.07) is 0. The van der Waals surface area contributed by atoms with Crippen LogP contribution in [-0.2, 0) is 4.74 Å². The van der Waals surface area contributed by atoms with Crippen molar-refractivity contribution in [3.8, 4) is 0 Å². The van der Waals surface area contributed by atoms with Gasteiger partial charge in [-0.25, -0.2) is 4.98 Å². The second-order valence-electron chi connectivity index (χ2n) is 4.30. The highest BCUT2D eigenvalue weighted by Crippen LogP contribution is 2.27. The molecule has 1 aromatic heterocycles. The van der Waals surface area contributed by atoms with Gasteiger partial charge in [-0.3, -0.25) is 0 Å². The molecule has 0 aliphatic heterocycles. The molecular formula is C11H19NO2S. The molecule has 0 amide bonds. The minimum absolute atomic E-state index is 0.166. The fraction of sp³-hybridized carbons (Fsp3) is 0.727. The lowest BCUT2D eigenvalue weighted by Crippen LogP contribution is -2.22. The fourth-order valence-electron chi connectivity index (χ4n) is 1.26. The van der Waals surface area contributed by atoms with Crippen LogP contribution < -0.4 is 0 Å². The minimum atomic E-state index is -0.411. The molecule has 0 aromatic carbocycles. The third kappa shape index (κ3) is 3.89.